The molecule has 0 aromatic heterocycles. The molecule has 0 aliphatic rings. The zero-order valence-corrected chi connectivity index (χ0v) is 21.2. The number of aryl methyl sites for hydroxylation is 3. The van der Waals surface area contributed by atoms with Crippen LogP contribution >= 0.6 is 0 Å². The fourth-order valence-corrected chi connectivity index (χ4v) is 4.01. The SMILES string of the molecule is CCCNC(=O)[C@H](Cc1ccccc1)N(Cc1cccc(C)c1)C(=O)COc1cc(C)ccc1C. The number of nitrogens with one attached hydrogen (secondary N) is 1. The van der Waals surface area contributed by atoms with Gasteiger partial charge in [0.15, 0.2) is 6.61 Å². The van der Waals surface area contributed by atoms with Gasteiger partial charge < -0.3 is 15.0 Å². The van der Waals surface area contributed by atoms with Gasteiger partial charge in [-0.05, 0) is 55.5 Å². The molecule has 0 spiro atoms. The molecule has 184 valence electrons. The first kappa shape index (κ1) is 26.0. The first-order chi connectivity index (χ1) is 16.9. The number of ether oxygens (including phenoxy) is 1. The second kappa shape index (κ2) is 12.7. The minimum atomic E-state index is -0.654. The van der Waals surface area contributed by atoms with E-state index >= 15 is 0 Å². The normalized spacial score (nSPS) is 11.5. The number of nitrogens with zero attached hydrogens (tertiary/aromatic N) is 1. The number of carbonyl (C=O) groups excluding carboxylic acids is 2. The van der Waals surface area contributed by atoms with Crippen LogP contribution in [0.5, 0.6) is 5.75 Å². The standard InChI is InChI=1S/C30H36N2O3/c1-5-16-31-30(34)27(19-25-11-7-6-8-12-25)32(20-26-13-9-10-22(2)17-26)29(33)21-35-28-18-23(3)14-15-24(28)4/h6-15,17-18,27H,5,16,19-21H2,1-4H3,(H,31,34)/t27-/m0/s1. The molecule has 35 heavy (non-hydrogen) atoms. The Hall–Kier alpha value is -3.60. The van der Waals surface area contributed by atoms with Gasteiger partial charge in [0.25, 0.3) is 5.91 Å². The minimum Gasteiger partial charge on any atom is -0.483 e. The predicted molar refractivity (Wildman–Crippen MR) is 140 cm³/mol. The molecule has 3 aromatic rings. The Morgan fingerprint density at radius 3 is 2.31 bits per heavy atom. The van der Waals surface area contributed by atoms with Crippen molar-refractivity contribution in [2.24, 2.45) is 0 Å². The van der Waals surface area contributed by atoms with E-state index in [1.807, 2.05) is 94.4 Å². The van der Waals surface area contributed by atoms with Gasteiger partial charge in [0, 0.05) is 19.5 Å². The number of hydrogen-bond acceptors (Lipinski definition) is 3. The van der Waals surface area contributed by atoms with Gasteiger partial charge in [-0.25, -0.2) is 0 Å². The van der Waals surface area contributed by atoms with Crippen LogP contribution in [-0.2, 0) is 22.6 Å². The Kier molecular flexibility index (Phi) is 9.47. The highest BCUT2D eigenvalue weighted by Gasteiger charge is 2.30. The summed E-state index contributed by atoms with van der Waals surface area (Å²) in [6.07, 6.45) is 1.25. The van der Waals surface area contributed by atoms with Crippen LogP contribution in [0.3, 0.4) is 0 Å². The molecule has 3 aromatic carbocycles. The summed E-state index contributed by atoms with van der Waals surface area (Å²) >= 11 is 0. The molecule has 0 aliphatic heterocycles. The molecule has 3 rings (SSSR count). The summed E-state index contributed by atoms with van der Waals surface area (Å²) in [6.45, 7) is 8.74. The highest BCUT2D eigenvalue weighted by molar-refractivity contribution is 5.88. The maximum absolute atomic E-state index is 13.6. The van der Waals surface area contributed by atoms with Gasteiger partial charge in [-0.3, -0.25) is 9.59 Å². The molecule has 2 amide bonds. The summed E-state index contributed by atoms with van der Waals surface area (Å²) in [4.78, 5) is 28.6. The van der Waals surface area contributed by atoms with Crippen molar-refractivity contribution < 1.29 is 14.3 Å². The van der Waals surface area contributed by atoms with E-state index in [0.29, 0.717) is 25.3 Å². The first-order valence-electron chi connectivity index (χ1n) is 12.2. The van der Waals surface area contributed by atoms with E-state index in [4.69, 9.17) is 4.74 Å². The molecule has 5 nitrogen and oxygen atoms in total. The van der Waals surface area contributed by atoms with Gasteiger partial charge >= 0.3 is 0 Å². The number of benzene rings is 3. The second-order valence-corrected chi connectivity index (χ2v) is 9.06. The van der Waals surface area contributed by atoms with Crippen molar-refractivity contribution >= 4 is 11.8 Å². The van der Waals surface area contributed by atoms with Crippen molar-refractivity contribution in [3.8, 4) is 5.75 Å². The van der Waals surface area contributed by atoms with Crippen LogP contribution in [0.25, 0.3) is 0 Å². The molecular weight excluding hydrogens is 436 g/mol. The van der Waals surface area contributed by atoms with E-state index in [1.54, 1.807) is 4.90 Å². The Morgan fingerprint density at radius 1 is 0.886 bits per heavy atom. The molecule has 1 N–H and O–H groups in total. The Morgan fingerprint density at radius 2 is 1.60 bits per heavy atom. The van der Waals surface area contributed by atoms with E-state index in [-0.39, 0.29) is 18.4 Å². The second-order valence-electron chi connectivity index (χ2n) is 9.06. The minimum absolute atomic E-state index is 0.136. The van der Waals surface area contributed by atoms with Crippen LogP contribution in [0.15, 0.2) is 72.8 Å². The molecular formula is C30H36N2O3. The van der Waals surface area contributed by atoms with Gasteiger partial charge in [-0.2, -0.15) is 0 Å². The molecule has 0 radical (unpaired) electrons. The van der Waals surface area contributed by atoms with Crippen LogP contribution in [0.4, 0.5) is 0 Å². The van der Waals surface area contributed by atoms with E-state index in [9.17, 15) is 9.59 Å². The van der Waals surface area contributed by atoms with Crippen LogP contribution < -0.4 is 10.1 Å². The fraction of sp³-hybridized carbons (Fsp3) is 0.333. The molecule has 0 fully saturated rings. The van der Waals surface area contributed by atoms with Crippen molar-refractivity contribution in [3.05, 3.63) is 101 Å². The monoisotopic (exact) mass is 472 g/mol. The van der Waals surface area contributed by atoms with Gasteiger partial charge in [-0.1, -0.05) is 79.2 Å². The molecule has 1 atom stereocenters. The van der Waals surface area contributed by atoms with Crippen molar-refractivity contribution in [1.29, 1.82) is 0 Å². The van der Waals surface area contributed by atoms with E-state index in [2.05, 4.69) is 11.4 Å². The lowest BCUT2D eigenvalue weighted by Crippen LogP contribution is -2.51. The van der Waals surface area contributed by atoms with E-state index in [0.717, 1.165) is 34.2 Å². The third kappa shape index (κ3) is 7.71. The zero-order chi connectivity index (χ0) is 25.2. The molecule has 5 heteroatoms. The molecule has 0 saturated carbocycles. The molecule has 0 heterocycles. The summed E-state index contributed by atoms with van der Waals surface area (Å²) in [6, 6.07) is 23.1. The molecule has 0 bridgehead atoms. The lowest BCUT2D eigenvalue weighted by molar-refractivity contribution is -0.142. The largest absolute Gasteiger partial charge is 0.483 e. The summed E-state index contributed by atoms with van der Waals surface area (Å²) in [7, 11) is 0. The molecule has 0 unspecified atom stereocenters. The van der Waals surface area contributed by atoms with E-state index < -0.39 is 6.04 Å². The third-order valence-corrected chi connectivity index (χ3v) is 5.95. The van der Waals surface area contributed by atoms with Crippen molar-refractivity contribution in [1.82, 2.24) is 10.2 Å². The number of amides is 2. The van der Waals surface area contributed by atoms with Crippen molar-refractivity contribution in [2.45, 2.75) is 53.1 Å². The highest BCUT2D eigenvalue weighted by atomic mass is 16.5. The lowest BCUT2D eigenvalue weighted by Gasteiger charge is -2.31. The number of hydrogen-bond donors (Lipinski definition) is 1. The topological polar surface area (TPSA) is 58.6 Å². The van der Waals surface area contributed by atoms with Gasteiger partial charge in [-0.15, -0.1) is 0 Å². The van der Waals surface area contributed by atoms with Gasteiger partial charge in [0.1, 0.15) is 11.8 Å². The average Bonchev–Trinajstić information content (AvgIpc) is 2.85. The van der Waals surface area contributed by atoms with E-state index in [1.165, 1.54) is 0 Å². The third-order valence-electron chi connectivity index (χ3n) is 5.95. The van der Waals surface area contributed by atoms with Crippen LogP contribution in [0.1, 0.15) is 41.2 Å². The smallest absolute Gasteiger partial charge is 0.261 e. The Balaban J connectivity index is 1.91. The summed E-state index contributed by atoms with van der Waals surface area (Å²) < 4.78 is 5.96. The molecule has 0 saturated heterocycles. The molecule has 0 aliphatic carbocycles. The van der Waals surface area contributed by atoms with Gasteiger partial charge in [0.05, 0.1) is 0 Å². The fourth-order valence-electron chi connectivity index (χ4n) is 4.01. The van der Waals surface area contributed by atoms with Crippen LogP contribution in [0, 0.1) is 20.8 Å². The predicted octanol–water partition coefficient (Wildman–Crippen LogP) is 5.16. The maximum Gasteiger partial charge on any atom is 0.261 e. The van der Waals surface area contributed by atoms with Crippen molar-refractivity contribution in [2.75, 3.05) is 13.2 Å². The summed E-state index contributed by atoms with van der Waals surface area (Å²) in [5.74, 6) is 0.312. The Labute approximate surface area is 209 Å². The highest BCUT2D eigenvalue weighted by Crippen LogP contribution is 2.20. The van der Waals surface area contributed by atoms with Crippen molar-refractivity contribution in [3.63, 3.8) is 0 Å². The van der Waals surface area contributed by atoms with Gasteiger partial charge in [0.2, 0.25) is 5.91 Å². The first-order valence-corrected chi connectivity index (χ1v) is 12.2. The average molecular weight is 473 g/mol. The maximum atomic E-state index is 13.6. The lowest BCUT2D eigenvalue weighted by atomic mass is 10.0. The number of carbonyl (C=O) groups is 2. The number of rotatable bonds is 11. The Bertz CT molecular complexity index is 1130. The quantitative estimate of drug-likeness (QED) is 0.420. The van der Waals surface area contributed by atoms with Crippen LogP contribution in [0.2, 0.25) is 0 Å². The summed E-state index contributed by atoms with van der Waals surface area (Å²) in [5, 5.41) is 3.00. The summed E-state index contributed by atoms with van der Waals surface area (Å²) in [5.41, 5.74) is 5.12. The zero-order valence-electron chi connectivity index (χ0n) is 21.2. The van der Waals surface area contributed by atoms with Crippen LogP contribution in [-0.4, -0.2) is 35.9 Å².